The maximum Gasteiger partial charge on any atom is 0.299 e. The van der Waals surface area contributed by atoms with Crippen LogP contribution in [0.4, 0.5) is 0 Å². The lowest BCUT2D eigenvalue weighted by Gasteiger charge is -2.01. The molecule has 1 amide bonds. The van der Waals surface area contributed by atoms with Crippen molar-refractivity contribution >= 4 is 37.5 Å². The molecule has 0 saturated carbocycles. The lowest BCUT2D eigenvalue weighted by Crippen LogP contribution is -2.17. The Morgan fingerprint density at radius 1 is 1.40 bits per heavy atom. The van der Waals surface area contributed by atoms with E-state index in [2.05, 4.69) is 20.9 Å². The van der Waals surface area contributed by atoms with Crippen LogP contribution in [0, 0.1) is 12.3 Å². The van der Waals surface area contributed by atoms with Crippen LogP contribution in [0.15, 0.2) is 46.7 Å². The normalized spacial score (nSPS) is 12.2. The third kappa shape index (κ3) is 3.48. The standard InChI is InChI=1S/C15H11N5O3S2/c1-2-7-20-12-4-3-10(25(16,22)23)8-13(12)24-15(20)19-14(21)11-9-17-5-6-18-11/h1,3-6,8-9H,7H2,(H2,16,22,23). The SMILES string of the molecule is C#CCn1c(=NC(=O)c2cnccn2)sc2cc(S(N)(=O)=O)ccc21. The van der Waals surface area contributed by atoms with E-state index in [0.29, 0.717) is 15.0 Å². The smallest absolute Gasteiger partial charge is 0.299 e. The van der Waals surface area contributed by atoms with Crippen molar-refractivity contribution in [1.29, 1.82) is 0 Å². The van der Waals surface area contributed by atoms with Crippen LogP contribution in [0.2, 0.25) is 0 Å². The lowest BCUT2D eigenvalue weighted by atomic mass is 10.3. The average Bonchev–Trinajstić information content (AvgIpc) is 2.92. The fourth-order valence-corrected chi connectivity index (χ4v) is 3.80. The van der Waals surface area contributed by atoms with Crippen LogP contribution in [0.5, 0.6) is 0 Å². The molecule has 2 N–H and O–H groups in total. The van der Waals surface area contributed by atoms with Gasteiger partial charge in [0.05, 0.1) is 27.9 Å². The number of rotatable bonds is 3. The molecule has 0 saturated heterocycles. The molecule has 2 aromatic heterocycles. The van der Waals surface area contributed by atoms with Crippen LogP contribution < -0.4 is 9.94 Å². The number of thiazole rings is 1. The first kappa shape index (κ1) is 17.0. The zero-order chi connectivity index (χ0) is 18.0. The second kappa shape index (κ2) is 6.56. The van der Waals surface area contributed by atoms with Gasteiger partial charge in [0.1, 0.15) is 5.69 Å². The van der Waals surface area contributed by atoms with E-state index in [1.54, 1.807) is 10.6 Å². The number of aromatic nitrogens is 3. The summed E-state index contributed by atoms with van der Waals surface area (Å²) in [5.74, 6) is 1.92. The van der Waals surface area contributed by atoms with E-state index in [9.17, 15) is 13.2 Å². The highest BCUT2D eigenvalue weighted by molar-refractivity contribution is 7.89. The number of benzene rings is 1. The number of amides is 1. The van der Waals surface area contributed by atoms with Gasteiger partial charge in [-0.25, -0.2) is 18.5 Å². The lowest BCUT2D eigenvalue weighted by molar-refractivity contribution is 0.0992. The quantitative estimate of drug-likeness (QED) is 0.671. The van der Waals surface area contributed by atoms with Crippen molar-refractivity contribution in [2.24, 2.45) is 10.1 Å². The number of carbonyl (C=O) groups excluding carboxylic acids is 1. The molecule has 25 heavy (non-hydrogen) atoms. The van der Waals surface area contributed by atoms with Crippen molar-refractivity contribution in [3.05, 3.63) is 47.3 Å². The molecule has 0 spiro atoms. The predicted molar refractivity (Wildman–Crippen MR) is 91.9 cm³/mol. The van der Waals surface area contributed by atoms with Crippen LogP contribution in [0.3, 0.4) is 0 Å². The largest absolute Gasteiger partial charge is 0.305 e. The monoisotopic (exact) mass is 373 g/mol. The number of primary sulfonamides is 1. The molecule has 2 heterocycles. The molecule has 8 nitrogen and oxygen atoms in total. The van der Waals surface area contributed by atoms with Crippen molar-refractivity contribution in [2.45, 2.75) is 11.4 Å². The average molecular weight is 373 g/mol. The second-order valence-electron chi connectivity index (χ2n) is 4.86. The molecular weight excluding hydrogens is 362 g/mol. The summed E-state index contributed by atoms with van der Waals surface area (Å²) in [6.07, 6.45) is 9.54. The topological polar surface area (TPSA) is 120 Å². The molecule has 0 aliphatic carbocycles. The summed E-state index contributed by atoms with van der Waals surface area (Å²) in [6, 6.07) is 4.38. The summed E-state index contributed by atoms with van der Waals surface area (Å²) in [5, 5.41) is 5.15. The van der Waals surface area contributed by atoms with E-state index >= 15 is 0 Å². The molecular formula is C15H11N5O3S2. The van der Waals surface area contributed by atoms with Crippen LogP contribution in [0.25, 0.3) is 10.2 Å². The van der Waals surface area contributed by atoms with Gasteiger partial charge in [0, 0.05) is 12.4 Å². The molecule has 0 aliphatic heterocycles. The molecule has 3 rings (SSSR count). The number of nitrogens with two attached hydrogens (primary N) is 1. The van der Waals surface area contributed by atoms with Crippen molar-refractivity contribution < 1.29 is 13.2 Å². The van der Waals surface area contributed by atoms with E-state index in [-0.39, 0.29) is 17.1 Å². The molecule has 126 valence electrons. The molecule has 1 aromatic carbocycles. The minimum absolute atomic E-state index is 0.0269. The molecule has 3 aromatic rings. The number of sulfonamides is 1. The Labute approximate surface area is 146 Å². The Morgan fingerprint density at radius 3 is 2.84 bits per heavy atom. The third-order valence-corrected chi connectivity index (χ3v) is 5.16. The first-order chi connectivity index (χ1) is 11.9. The van der Waals surface area contributed by atoms with Crippen molar-refractivity contribution in [3.8, 4) is 12.3 Å². The first-order valence-electron chi connectivity index (χ1n) is 6.85. The minimum atomic E-state index is -3.83. The van der Waals surface area contributed by atoms with Gasteiger partial charge in [-0.15, -0.1) is 6.42 Å². The van der Waals surface area contributed by atoms with Gasteiger partial charge >= 0.3 is 0 Å². The predicted octanol–water partition coefficient (Wildman–Crippen LogP) is 0.514. The molecule has 0 aliphatic rings. The Bertz CT molecular complexity index is 1170. The van der Waals surface area contributed by atoms with E-state index in [4.69, 9.17) is 11.6 Å². The summed E-state index contributed by atoms with van der Waals surface area (Å²) < 4.78 is 25.2. The van der Waals surface area contributed by atoms with E-state index < -0.39 is 15.9 Å². The van der Waals surface area contributed by atoms with Crippen LogP contribution >= 0.6 is 11.3 Å². The molecule has 0 radical (unpaired) electrons. The number of carbonyl (C=O) groups is 1. The third-order valence-electron chi connectivity index (χ3n) is 3.21. The van der Waals surface area contributed by atoms with Gasteiger partial charge in [-0.1, -0.05) is 17.3 Å². The van der Waals surface area contributed by atoms with E-state index in [1.165, 1.54) is 30.7 Å². The fourth-order valence-electron chi connectivity index (χ4n) is 2.11. The summed E-state index contributed by atoms with van der Waals surface area (Å²) in [5.41, 5.74) is 0.749. The van der Waals surface area contributed by atoms with Crippen molar-refractivity contribution in [3.63, 3.8) is 0 Å². The van der Waals surface area contributed by atoms with Crippen LogP contribution in [-0.4, -0.2) is 28.9 Å². The van der Waals surface area contributed by atoms with Gasteiger partial charge in [0.25, 0.3) is 5.91 Å². The molecule has 0 unspecified atom stereocenters. The highest BCUT2D eigenvalue weighted by Crippen LogP contribution is 2.21. The van der Waals surface area contributed by atoms with Crippen molar-refractivity contribution in [2.75, 3.05) is 0 Å². The van der Waals surface area contributed by atoms with Gasteiger partial charge in [-0.3, -0.25) is 9.78 Å². The molecule has 10 heteroatoms. The summed E-state index contributed by atoms with van der Waals surface area (Å²) in [4.78, 5) is 24.3. The second-order valence-corrected chi connectivity index (χ2v) is 7.43. The summed E-state index contributed by atoms with van der Waals surface area (Å²) in [7, 11) is -3.83. The molecule has 0 fully saturated rings. The first-order valence-corrected chi connectivity index (χ1v) is 9.21. The molecule has 0 atom stereocenters. The Hall–Kier alpha value is -2.87. The number of hydrogen-bond donors (Lipinski definition) is 1. The van der Waals surface area contributed by atoms with Crippen LogP contribution in [-0.2, 0) is 16.6 Å². The van der Waals surface area contributed by atoms with Gasteiger partial charge in [-0.2, -0.15) is 4.99 Å². The van der Waals surface area contributed by atoms with Gasteiger partial charge in [-0.05, 0) is 18.2 Å². The fraction of sp³-hybridized carbons (Fsp3) is 0.0667. The highest BCUT2D eigenvalue weighted by Gasteiger charge is 2.13. The zero-order valence-corrected chi connectivity index (χ0v) is 14.3. The van der Waals surface area contributed by atoms with E-state index in [1.807, 2.05) is 0 Å². The van der Waals surface area contributed by atoms with Gasteiger partial charge in [0.15, 0.2) is 4.80 Å². The Morgan fingerprint density at radius 2 is 2.20 bits per heavy atom. The summed E-state index contributed by atoms with van der Waals surface area (Å²) >= 11 is 1.13. The van der Waals surface area contributed by atoms with Gasteiger partial charge in [0.2, 0.25) is 10.0 Å². The highest BCUT2D eigenvalue weighted by atomic mass is 32.2. The molecule has 0 bridgehead atoms. The van der Waals surface area contributed by atoms with Crippen molar-refractivity contribution in [1.82, 2.24) is 14.5 Å². The number of terminal acetylenes is 1. The minimum Gasteiger partial charge on any atom is -0.305 e. The number of nitrogens with zero attached hydrogens (tertiary/aromatic N) is 4. The maximum absolute atomic E-state index is 12.2. The maximum atomic E-state index is 12.2. The van der Waals surface area contributed by atoms with Crippen LogP contribution in [0.1, 0.15) is 10.5 Å². The number of hydrogen-bond acceptors (Lipinski definition) is 6. The Balaban J connectivity index is 2.20. The Kier molecular flexibility index (Phi) is 4.45. The summed E-state index contributed by atoms with van der Waals surface area (Å²) in [6.45, 7) is 0.168. The van der Waals surface area contributed by atoms with E-state index in [0.717, 1.165) is 11.3 Å². The van der Waals surface area contributed by atoms with Gasteiger partial charge < -0.3 is 4.57 Å². The number of fused-ring (bicyclic) bond motifs is 1. The zero-order valence-electron chi connectivity index (χ0n) is 12.7.